The lowest BCUT2D eigenvalue weighted by Gasteiger charge is -2.22. The molecule has 0 aliphatic carbocycles. The molecule has 0 aromatic carbocycles. The highest BCUT2D eigenvalue weighted by Crippen LogP contribution is 2.07. The van der Waals surface area contributed by atoms with Crippen LogP contribution < -0.4 is 5.32 Å². The number of hydrogen-bond donors (Lipinski definition) is 1. The molecule has 0 bridgehead atoms. The van der Waals surface area contributed by atoms with E-state index in [2.05, 4.69) is 31.2 Å². The van der Waals surface area contributed by atoms with Gasteiger partial charge in [0.1, 0.15) is 0 Å². The van der Waals surface area contributed by atoms with Crippen molar-refractivity contribution in [2.45, 2.75) is 6.10 Å². The summed E-state index contributed by atoms with van der Waals surface area (Å²) >= 11 is 3.28. The second-order valence-electron chi connectivity index (χ2n) is 3.17. The summed E-state index contributed by atoms with van der Waals surface area (Å²) in [6, 6.07) is 0. The van der Waals surface area contributed by atoms with Crippen molar-refractivity contribution in [2.24, 2.45) is 0 Å². The van der Waals surface area contributed by atoms with Gasteiger partial charge in [-0.05, 0) is 15.9 Å². The van der Waals surface area contributed by atoms with Gasteiger partial charge in [-0.3, -0.25) is 0 Å². The van der Waals surface area contributed by atoms with Crippen LogP contribution in [0.5, 0.6) is 0 Å². The third-order valence-corrected chi connectivity index (χ3v) is 2.40. The van der Waals surface area contributed by atoms with Gasteiger partial charge in [-0.1, -0.05) is 0 Å². The van der Waals surface area contributed by atoms with Crippen LogP contribution in [0.1, 0.15) is 0 Å². The molecule has 2 rings (SSSR count). The van der Waals surface area contributed by atoms with Gasteiger partial charge >= 0.3 is 0 Å². The van der Waals surface area contributed by atoms with Crippen LogP contribution >= 0.6 is 15.9 Å². The van der Waals surface area contributed by atoms with Crippen molar-refractivity contribution >= 4 is 21.9 Å². The van der Waals surface area contributed by atoms with Crippen LogP contribution in [0.2, 0.25) is 0 Å². The molecule has 1 aromatic rings. The van der Waals surface area contributed by atoms with Crippen LogP contribution in [-0.4, -0.2) is 42.4 Å². The maximum absolute atomic E-state index is 5.47. The Morgan fingerprint density at radius 1 is 1.40 bits per heavy atom. The second kappa shape index (κ2) is 5.39. The Morgan fingerprint density at radius 3 is 2.87 bits per heavy atom. The molecule has 15 heavy (non-hydrogen) atoms. The van der Waals surface area contributed by atoms with E-state index in [0.717, 1.165) is 4.47 Å². The molecule has 1 aliphatic rings. The van der Waals surface area contributed by atoms with Gasteiger partial charge in [0, 0.05) is 18.9 Å². The molecule has 1 aliphatic heterocycles. The summed E-state index contributed by atoms with van der Waals surface area (Å²) in [7, 11) is 0. The van der Waals surface area contributed by atoms with Crippen molar-refractivity contribution in [1.29, 1.82) is 0 Å². The average molecular weight is 274 g/mol. The van der Waals surface area contributed by atoms with E-state index in [4.69, 9.17) is 9.47 Å². The molecule has 1 fully saturated rings. The Bertz CT molecular complexity index is 301. The second-order valence-corrected chi connectivity index (χ2v) is 4.09. The zero-order valence-corrected chi connectivity index (χ0v) is 9.74. The normalized spacial score (nSPS) is 21.3. The standard InChI is InChI=1S/C9H12BrN3O2/c10-7-3-11-9(12-4-7)13-5-8-6-14-1-2-15-8/h3-4,8H,1-2,5-6H2,(H,11,12,13). The summed E-state index contributed by atoms with van der Waals surface area (Å²) in [5, 5.41) is 3.09. The van der Waals surface area contributed by atoms with E-state index in [1.165, 1.54) is 0 Å². The van der Waals surface area contributed by atoms with Crippen LogP contribution in [-0.2, 0) is 9.47 Å². The summed E-state index contributed by atoms with van der Waals surface area (Å²) < 4.78 is 11.6. The maximum atomic E-state index is 5.47. The molecule has 0 saturated carbocycles. The molecule has 6 heteroatoms. The molecule has 2 heterocycles. The average Bonchev–Trinajstić information content (AvgIpc) is 2.30. The molecule has 82 valence electrons. The molecular formula is C9H12BrN3O2. The number of ether oxygens (including phenoxy) is 2. The van der Waals surface area contributed by atoms with Crippen LogP contribution in [0.4, 0.5) is 5.95 Å². The highest BCUT2D eigenvalue weighted by molar-refractivity contribution is 9.10. The van der Waals surface area contributed by atoms with Crippen LogP contribution in [0.15, 0.2) is 16.9 Å². The van der Waals surface area contributed by atoms with E-state index >= 15 is 0 Å². The van der Waals surface area contributed by atoms with Crippen molar-refractivity contribution in [3.05, 3.63) is 16.9 Å². The number of anilines is 1. The van der Waals surface area contributed by atoms with Crippen molar-refractivity contribution in [1.82, 2.24) is 9.97 Å². The number of hydrogen-bond acceptors (Lipinski definition) is 5. The Morgan fingerprint density at radius 2 is 2.20 bits per heavy atom. The number of halogens is 1. The van der Waals surface area contributed by atoms with Gasteiger partial charge < -0.3 is 14.8 Å². The van der Waals surface area contributed by atoms with Crippen molar-refractivity contribution in [3.63, 3.8) is 0 Å². The number of aromatic nitrogens is 2. The monoisotopic (exact) mass is 273 g/mol. The van der Waals surface area contributed by atoms with Gasteiger partial charge in [0.25, 0.3) is 0 Å². The number of rotatable bonds is 3. The van der Waals surface area contributed by atoms with Gasteiger partial charge in [-0.25, -0.2) is 9.97 Å². The fraction of sp³-hybridized carbons (Fsp3) is 0.556. The van der Waals surface area contributed by atoms with Crippen LogP contribution in [0, 0.1) is 0 Å². The minimum Gasteiger partial charge on any atom is -0.376 e. The fourth-order valence-corrected chi connectivity index (χ4v) is 1.47. The number of nitrogens with one attached hydrogen (secondary N) is 1. The minimum absolute atomic E-state index is 0.0889. The van der Waals surface area contributed by atoms with E-state index in [0.29, 0.717) is 32.3 Å². The summed E-state index contributed by atoms with van der Waals surface area (Å²) in [4.78, 5) is 8.19. The minimum atomic E-state index is 0.0889. The number of nitrogens with zero attached hydrogens (tertiary/aromatic N) is 2. The van der Waals surface area contributed by atoms with Crippen LogP contribution in [0.25, 0.3) is 0 Å². The zero-order valence-electron chi connectivity index (χ0n) is 8.15. The summed E-state index contributed by atoms with van der Waals surface area (Å²) in [5.41, 5.74) is 0. The molecule has 1 N–H and O–H groups in total. The molecule has 1 atom stereocenters. The first-order valence-corrected chi connectivity index (χ1v) is 5.54. The highest BCUT2D eigenvalue weighted by atomic mass is 79.9. The van der Waals surface area contributed by atoms with E-state index < -0.39 is 0 Å². The van der Waals surface area contributed by atoms with Crippen molar-refractivity contribution in [3.8, 4) is 0 Å². The van der Waals surface area contributed by atoms with Gasteiger partial charge in [0.2, 0.25) is 5.95 Å². The molecule has 1 aromatic heterocycles. The first kappa shape index (κ1) is 10.8. The smallest absolute Gasteiger partial charge is 0.222 e. The third kappa shape index (κ3) is 3.40. The van der Waals surface area contributed by atoms with E-state index in [-0.39, 0.29) is 6.10 Å². The zero-order chi connectivity index (χ0) is 10.5. The quantitative estimate of drug-likeness (QED) is 0.893. The van der Waals surface area contributed by atoms with E-state index in [1.54, 1.807) is 12.4 Å². The molecule has 1 unspecified atom stereocenters. The maximum Gasteiger partial charge on any atom is 0.222 e. The van der Waals surface area contributed by atoms with Crippen molar-refractivity contribution < 1.29 is 9.47 Å². The summed E-state index contributed by atoms with van der Waals surface area (Å²) in [5.74, 6) is 0.604. The third-order valence-electron chi connectivity index (χ3n) is 1.99. The molecule has 0 radical (unpaired) electrons. The predicted molar refractivity (Wildman–Crippen MR) is 58.8 cm³/mol. The predicted octanol–water partition coefficient (Wildman–Crippen LogP) is 1.07. The molecule has 5 nitrogen and oxygen atoms in total. The van der Waals surface area contributed by atoms with Gasteiger partial charge in [0.15, 0.2) is 0 Å². The topological polar surface area (TPSA) is 56.3 Å². The lowest BCUT2D eigenvalue weighted by atomic mass is 10.3. The summed E-state index contributed by atoms with van der Waals surface area (Å²) in [6.45, 7) is 2.64. The first-order valence-electron chi connectivity index (χ1n) is 4.75. The van der Waals surface area contributed by atoms with E-state index in [1.807, 2.05) is 0 Å². The Balaban J connectivity index is 1.79. The van der Waals surface area contributed by atoms with E-state index in [9.17, 15) is 0 Å². The fourth-order valence-electron chi connectivity index (χ4n) is 1.26. The summed E-state index contributed by atoms with van der Waals surface area (Å²) in [6.07, 6.45) is 3.49. The van der Waals surface area contributed by atoms with Crippen molar-refractivity contribution in [2.75, 3.05) is 31.7 Å². The lowest BCUT2D eigenvalue weighted by molar-refractivity contribution is -0.0819. The Kier molecular flexibility index (Phi) is 3.87. The van der Waals surface area contributed by atoms with Gasteiger partial charge in [0.05, 0.1) is 30.4 Å². The largest absolute Gasteiger partial charge is 0.376 e. The Hall–Kier alpha value is -0.720. The molecular weight excluding hydrogens is 262 g/mol. The Labute approximate surface area is 96.3 Å². The van der Waals surface area contributed by atoms with Gasteiger partial charge in [-0.2, -0.15) is 0 Å². The molecule has 0 amide bonds. The lowest BCUT2D eigenvalue weighted by Crippen LogP contribution is -2.34. The van der Waals surface area contributed by atoms with Gasteiger partial charge in [-0.15, -0.1) is 0 Å². The highest BCUT2D eigenvalue weighted by Gasteiger charge is 2.13. The van der Waals surface area contributed by atoms with Crippen LogP contribution in [0.3, 0.4) is 0 Å². The molecule has 0 spiro atoms. The first-order chi connectivity index (χ1) is 7.34. The molecule has 1 saturated heterocycles. The SMILES string of the molecule is Brc1cnc(NCC2COCCO2)nc1.